The predicted molar refractivity (Wildman–Crippen MR) is 52.5 cm³/mol. The Kier molecular flexibility index (Phi) is 3.42. The molecule has 5 heteroatoms. The molecule has 0 atom stereocenters. The molecule has 0 unspecified atom stereocenters. The van der Waals surface area contributed by atoms with E-state index >= 15 is 0 Å². The molecule has 0 aliphatic rings. The van der Waals surface area contributed by atoms with E-state index in [0.29, 0.717) is 5.56 Å². The first-order valence-corrected chi connectivity index (χ1v) is 4.43. The van der Waals surface area contributed by atoms with Crippen molar-refractivity contribution >= 4 is 23.4 Å². The van der Waals surface area contributed by atoms with Gasteiger partial charge in [-0.3, -0.25) is 4.79 Å². The third-order valence-electron chi connectivity index (χ3n) is 1.86. The van der Waals surface area contributed by atoms with Crippen molar-refractivity contribution in [1.82, 2.24) is 0 Å². The fourth-order valence-corrected chi connectivity index (χ4v) is 1.33. The lowest BCUT2D eigenvalue weighted by molar-refractivity contribution is -0.135. The molecule has 0 spiro atoms. The van der Waals surface area contributed by atoms with Gasteiger partial charge in [0.1, 0.15) is 5.82 Å². The summed E-state index contributed by atoms with van der Waals surface area (Å²) in [5, 5.41) is 0.0318. The average Bonchev–Trinajstić information content (AvgIpc) is 2.21. The number of benzene rings is 1. The molecule has 15 heavy (non-hydrogen) atoms. The van der Waals surface area contributed by atoms with Gasteiger partial charge in [-0.05, 0) is 24.6 Å². The zero-order chi connectivity index (χ0) is 11.6. The number of hydrogen-bond acceptors (Lipinski definition) is 3. The van der Waals surface area contributed by atoms with Crippen LogP contribution in [0.4, 0.5) is 4.39 Å². The molecule has 0 saturated carbocycles. The van der Waals surface area contributed by atoms with Gasteiger partial charge < -0.3 is 4.74 Å². The van der Waals surface area contributed by atoms with Crippen molar-refractivity contribution < 1.29 is 18.7 Å². The lowest BCUT2D eigenvalue weighted by Gasteiger charge is -2.04. The van der Waals surface area contributed by atoms with E-state index in [1.165, 1.54) is 13.0 Å². The Bertz CT molecular complexity index is 429. The molecule has 0 bridgehead atoms. The predicted octanol–water partition coefficient (Wildman–Crippen LogP) is 2.14. The summed E-state index contributed by atoms with van der Waals surface area (Å²) in [6.07, 6.45) is 0. The van der Waals surface area contributed by atoms with Crippen LogP contribution in [0.15, 0.2) is 12.1 Å². The number of halogens is 2. The molecule has 0 heterocycles. The highest BCUT2D eigenvalue weighted by atomic mass is 35.5. The van der Waals surface area contributed by atoms with Crippen LogP contribution in [0, 0.1) is 12.7 Å². The Morgan fingerprint density at radius 3 is 2.53 bits per heavy atom. The number of esters is 1. The zero-order valence-electron chi connectivity index (χ0n) is 8.14. The summed E-state index contributed by atoms with van der Waals surface area (Å²) in [4.78, 5) is 22.2. The van der Waals surface area contributed by atoms with Gasteiger partial charge >= 0.3 is 5.97 Å². The minimum Gasteiger partial charge on any atom is -0.463 e. The van der Waals surface area contributed by atoms with Gasteiger partial charge in [0.05, 0.1) is 17.7 Å². The second-order valence-corrected chi connectivity index (χ2v) is 3.31. The summed E-state index contributed by atoms with van der Waals surface area (Å²) >= 11 is 5.70. The zero-order valence-corrected chi connectivity index (χ0v) is 8.89. The lowest BCUT2D eigenvalue weighted by Crippen LogP contribution is -2.16. The second-order valence-electron chi connectivity index (χ2n) is 2.90. The second kappa shape index (κ2) is 4.40. The molecule has 3 nitrogen and oxygen atoms in total. The van der Waals surface area contributed by atoms with Crippen LogP contribution in [0.25, 0.3) is 0 Å². The van der Waals surface area contributed by atoms with Crippen molar-refractivity contribution in [2.75, 3.05) is 7.11 Å². The van der Waals surface area contributed by atoms with Gasteiger partial charge in [0, 0.05) is 0 Å². The van der Waals surface area contributed by atoms with E-state index in [2.05, 4.69) is 4.74 Å². The summed E-state index contributed by atoms with van der Waals surface area (Å²) < 4.78 is 17.3. The van der Waals surface area contributed by atoms with Crippen molar-refractivity contribution in [2.24, 2.45) is 0 Å². The number of Topliss-reactive ketones (excluding diaryl/α,β-unsaturated/α-hetero) is 1. The van der Waals surface area contributed by atoms with Crippen LogP contribution in [0.5, 0.6) is 0 Å². The maximum absolute atomic E-state index is 13.1. The van der Waals surface area contributed by atoms with Gasteiger partial charge in [-0.25, -0.2) is 9.18 Å². The Morgan fingerprint density at radius 2 is 2.00 bits per heavy atom. The summed E-state index contributed by atoms with van der Waals surface area (Å²) in [6.45, 7) is 1.51. The van der Waals surface area contributed by atoms with Crippen LogP contribution in [-0.2, 0) is 9.53 Å². The van der Waals surface area contributed by atoms with Crippen molar-refractivity contribution in [2.45, 2.75) is 6.92 Å². The smallest absolute Gasteiger partial charge is 0.379 e. The SMILES string of the molecule is COC(=O)C(=O)c1cc(F)c(C)cc1Cl. The molecular formula is C10H8ClFO3. The maximum Gasteiger partial charge on any atom is 0.379 e. The molecule has 0 N–H and O–H groups in total. The molecule has 0 saturated heterocycles. The first kappa shape index (κ1) is 11.7. The topological polar surface area (TPSA) is 43.4 Å². The number of rotatable bonds is 2. The first-order valence-electron chi connectivity index (χ1n) is 4.05. The molecule has 0 aliphatic heterocycles. The fraction of sp³-hybridized carbons (Fsp3) is 0.200. The third-order valence-corrected chi connectivity index (χ3v) is 2.18. The molecule has 1 aromatic carbocycles. The van der Waals surface area contributed by atoms with Gasteiger partial charge in [0.2, 0.25) is 0 Å². The summed E-state index contributed by atoms with van der Waals surface area (Å²) in [6, 6.07) is 2.21. The lowest BCUT2D eigenvalue weighted by atomic mass is 10.1. The van der Waals surface area contributed by atoms with E-state index in [4.69, 9.17) is 11.6 Å². The number of aryl methyl sites for hydroxylation is 1. The molecule has 0 radical (unpaired) electrons. The molecule has 1 rings (SSSR count). The van der Waals surface area contributed by atoms with Gasteiger partial charge in [-0.1, -0.05) is 11.6 Å². The molecule has 0 amide bonds. The van der Waals surface area contributed by atoms with Crippen molar-refractivity contribution in [1.29, 1.82) is 0 Å². The number of ether oxygens (including phenoxy) is 1. The highest BCUT2D eigenvalue weighted by Crippen LogP contribution is 2.21. The number of ketones is 1. The van der Waals surface area contributed by atoms with Gasteiger partial charge in [0.15, 0.2) is 0 Å². The number of methoxy groups -OCH3 is 1. The van der Waals surface area contributed by atoms with E-state index in [1.807, 2.05) is 0 Å². The van der Waals surface area contributed by atoms with Gasteiger partial charge in [0.25, 0.3) is 5.78 Å². The Labute approximate surface area is 90.8 Å². The maximum atomic E-state index is 13.1. The largest absolute Gasteiger partial charge is 0.463 e. The van der Waals surface area contributed by atoms with Crippen molar-refractivity contribution in [3.05, 3.63) is 34.1 Å². The molecule has 80 valence electrons. The van der Waals surface area contributed by atoms with E-state index in [9.17, 15) is 14.0 Å². The number of carbonyl (C=O) groups is 2. The normalized spacial score (nSPS) is 9.87. The third kappa shape index (κ3) is 2.33. The van der Waals surface area contributed by atoms with Crippen LogP contribution in [0.1, 0.15) is 15.9 Å². The minimum atomic E-state index is -1.07. The number of carbonyl (C=O) groups excluding carboxylic acids is 2. The van der Waals surface area contributed by atoms with E-state index in [-0.39, 0.29) is 10.6 Å². The van der Waals surface area contributed by atoms with Gasteiger partial charge in [-0.2, -0.15) is 0 Å². The highest BCUT2D eigenvalue weighted by molar-refractivity contribution is 6.45. The van der Waals surface area contributed by atoms with Gasteiger partial charge in [-0.15, -0.1) is 0 Å². The monoisotopic (exact) mass is 230 g/mol. The summed E-state index contributed by atoms with van der Waals surface area (Å²) in [7, 11) is 1.07. The van der Waals surface area contributed by atoms with Crippen molar-refractivity contribution in [3.63, 3.8) is 0 Å². The standard InChI is InChI=1S/C10H8ClFO3/c1-5-3-7(11)6(4-8(5)12)9(13)10(14)15-2/h3-4H,1-2H3. The molecule has 1 aromatic rings. The Balaban J connectivity index is 3.21. The summed E-state index contributed by atoms with van der Waals surface area (Å²) in [5.41, 5.74) is 0.119. The number of hydrogen-bond donors (Lipinski definition) is 0. The van der Waals surface area contributed by atoms with E-state index in [1.54, 1.807) is 0 Å². The summed E-state index contributed by atoms with van der Waals surface area (Å²) in [5.74, 6) is -2.62. The molecule has 0 aromatic heterocycles. The quantitative estimate of drug-likeness (QED) is 0.444. The molecular weight excluding hydrogens is 223 g/mol. The highest BCUT2D eigenvalue weighted by Gasteiger charge is 2.20. The van der Waals surface area contributed by atoms with Crippen LogP contribution < -0.4 is 0 Å². The average molecular weight is 231 g/mol. The van der Waals surface area contributed by atoms with Crippen LogP contribution in [0.3, 0.4) is 0 Å². The van der Waals surface area contributed by atoms with Crippen LogP contribution in [-0.4, -0.2) is 18.9 Å². The molecule has 0 fully saturated rings. The minimum absolute atomic E-state index is 0.0318. The molecule has 0 aliphatic carbocycles. The first-order chi connectivity index (χ1) is 6.97. The van der Waals surface area contributed by atoms with Crippen LogP contribution in [0.2, 0.25) is 5.02 Å². The van der Waals surface area contributed by atoms with Crippen LogP contribution >= 0.6 is 11.6 Å². The van der Waals surface area contributed by atoms with E-state index in [0.717, 1.165) is 13.2 Å². The Hall–Kier alpha value is -1.42. The van der Waals surface area contributed by atoms with E-state index < -0.39 is 17.6 Å². The fourth-order valence-electron chi connectivity index (χ4n) is 1.02. The van der Waals surface area contributed by atoms with Crippen molar-refractivity contribution in [3.8, 4) is 0 Å². The Morgan fingerprint density at radius 1 is 1.40 bits per heavy atom.